The van der Waals surface area contributed by atoms with Crippen LogP contribution in [-0.2, 0) is 0 Å². The highest BCUT2D eigenvalue weighted by Gasteiger charge is 1.94. The van der Waals surface area contributed by atoms with Gasteiger partial charge < -0.3 is 4.23 Å². The zero-order valence-corrected chi connectivity index (χ0v) is 9.37. The van der Waals surface area contributed by atoms with E-state index >= 15 is 0 Å². The van der Waals surface area contributed by atoms with E-state index in [4.69, 9.17) is 23.2 Å². The van der Waals surface area contributed by atoms with E-state index in [0.29, 0.717) is 0 Å². The Hall–Kier alpha value is 0.974. The molecule has 0 rings (SSSR count). The molecule has 0 bridgehead atoms. The smallest absolute Gasteiger partial charge is 0.102 e. The topological polar surface area (TPSA) is 3.24 Å². The lowest BCUT2D eigenvalue weighted by molar-refractivity contribution is 0.851. The van der Waals surface area contributed by atoms with E-state index in [2.05, 4.69) is 11.3 Å². The molecular weight excluding hydrogens is 177 g/mol. The van der Waals surface area contributed by atoms with E-state index in [1.54, 1.807) is 0 Å². The summed E-state index contributed by atoms with van der Waals surface area (Å²) in [6, 6.07) is 0. The number of alkyl halides is 2. The van der Waals surface area contributed by atoms with Crippen LogP contribution in [0.25, 0.3) is 0 Å². The Morgan fingerprint density at radius 3 is 1.88 bits per heavy atom. The minimum Gasteiger partial charge on any atom is -0.356 e. The first-order chi connectivity index (χ1) is 3.81. The fourth-order valence-corrected chi connectivity index (χ4v) is 5.75. The van der Waals surface area contributed by atoms with Crippen molar-refractivity contribution in [1.82, 2.24) is 4.23 Å². The molecule has 0 amide bonds. The normalized spacial score (nSPS) is 13.5. The first kappa shape index (κ1) is 8.97. The van der Waals surface area contributed by atoms with Crippen molar-refractivity contribution in [2.24, 2.45) is 0 Å². The standard InChI is InChI=1S/C3H11Cl2NSi2/c1-6(7-2-4)8-3-5/h2-3,7-8H2,1H3. The number of hydrogen-bond donors (Lipinski definition) is 0. The SMILES string of the molecule is CN([SiH2]CCl)[SiH2]CCl. The molecule has 0 saturated heterocycles. The molecule has 5 heteroatoms. The summed E-state index contributed by atoms with van der Waals surface area (Å²) in [6.45, 7) is 0. The molecular formula is C3H11Cl2NSi2. The Kier molecular flexibility index (Phi) is 6.84. The summed E-state index contributed by atoms with van der Waals surface area (Å²) in [7, 11) is 1.95. The highest BCUT2D eigenvalue weighted by Crippen LogP contribution is 1.79. The summed E-state index contributed by atoms with van der Waals surface area (Å²) in [5.74, 6) is 0. The predicted octanol–water partition coefficient (Wildman–Crippen LogP) is -0.522. The maximum Gasteiger partial charge on any atom is 0.102 e. The van der Waals surface area contributed by atoms with Crippen LogP contribution in [0.5, 0.6) is 0 Å². The number of nitrogens with zero attached hydrogens (tertiary/aromatic N) is 1. The highest BCUT2D eigenvalue weighted by atomic mass is 35.5. The van der Waals surface area contributed by atoms with Gasteiger partial charge >= 0.3 is 0 Å². The fourth-order valence-electron chi connectivity index (χ4n) is 0.400. The Bertz CT molecular complexity index is 48.5. The Balaban J connectivity index is 2.92. The number of rotatable bonds is 4. The first-order valence-electron chi connectivity index (χ1n) is 2.61. The molecule has 0 aromatic carbocycles. The highest BCUT2D eigenvalue weighted by molar-refractivity contribution is 6.60. The second-order valence-electron chi connectivity index (χ2n) is 1.68. The maximum atomic E-state index is 5.53. The lowest BCUT2D eigenvalue weighted by Crippen LogP contribution is -2.29. The van der Waals surface area contributed by atoms with Gasteiger partial charge in [-0.25, -0.2) is 0 Å². The molecule has 0 heterocycles. The van der Waals surface area contributed by atoms with Gasteiger partial charge in [-0.1, -0.05) is 0 Å². The summed E-state index contributed by atoms with van der Waals surface area (Å²) >= 11 is 11.1. The summed E-state index contributed by atoms with van der Waals surface area (Å²) in [4.78, 5) is 0. The molecule has 0 aliphatic carbocycles. The molecule has 0 saturated carbocycles. The van der Waals surface area contributed by atoms with E-state index < -0.39 is 0 Å². The molecule has 8 heavy (non-hydrogen) atoms. The lowest BCUT2D eigenvalue weighted by Gasteiger charge is -2.10. The van der Waals surface area contributed by atoms with Crippen molar-refractivity contribution in [2.45, 2.75) is 0 Å². The van der Waals surface area contributed by atoms with Gasteiger partial charge in [0.05, 0.1) is 0 Å². The van der Waals surface area contributed by atoms with Gasteiger partial charge in [-0.05, 0) is 7.05 Å². The molecule has 50 valence electrons. The molecule has 0 fully saturated rings. The van der Waals surface area contributed by atoms with E-state index in [1.807, 2.05) is 0 Å². The van der Waals surface area contributed by atoms with Crippen molar-refractivity contribution in [3.05, 3.63) is 0 Å². The zero-order valence-electron chi connectivity index (χ0n) is 5.03. The van der Waals surface area contributed by atoms with Gasteiger partial charge in [-0.15, -0.1) is 23.2 Å². The van der Waals surface area contributed by atoms with E-state index in [9.17, 15) is 0 Å². The third-order valence-electron chi connectivity index (χ3n) is 0.932. The van der Waals surface area contributed by atoms with Gasteiger partial charge in [0, 0.05) is 11.0 Å². The first-order valence-corrected chi connectivity index (χ1v) is 6.95. The van der Waals surface area contributed by atoms with Crippen molar-refractivity contribution in [2.75, 3.05) is 18.1 Å². The molecule has 0 radical (unpaired) electrons. The minimum atomic E-state index is -0.0889. The van der Waals surface area contributed by atoms with Crippen molar-refractivity contribution in [3.63, 3.8) is 0 Å². The fraction of sp³-hybridized carbons (Fsp3) is 1.00. The van der Waals surface area contributed by atoms with E-state index in [0.717, 1.165) is 11.0 Å². The van der Waals surface area contributed by atoms with Crippen LogP contribution in [0.2, 0.25) is 0 Å². The second-order valence-corrected chi connectivity index (χ2v) is 8.65. The Labute approximate surface area is 65.1 Å². The second kappa shape index (κ2) is 6.10. The van der Waals surface area contributed by atoms with Crippen LogP contribution in [0.1, 0.15) is 0 Å². The van der Waals surface area contributed by atoms with Crippen molar-refractivity contribution in [3.8, 4) is 0 Å². The molecule has 0 spiro atoms. The zero-order chi connectivity index (χ0) is 6.41. The maximum absolute atomic E-state index is 5.53. The van der Waals surface area contributed by atoms with Crippen LogP contribution < -0.4 is 0 Å². The van der Waals surface area contributed by atoms with Crippen LogP contribution in [0.3, 0.4) is 0 Å². The average molecular weight is 188 g/mol. The number of hydrogen-bond acceptors (Lipinski definition) is 1. The molecule has 0 atom stereocenters. The molecule has 0 aromatic heterocycles. The summed E-state index contributed by atoms with van der Waals surface area (Å²) in [5, 5.41) is 0. The molecule has 0 aromatic rings. The summed E-state index contributed by atoms with van der Waals surface area (Å²) < 4.78 is 2.38. The third-order valence-corrected chi connectivity index (χ3v) is 5.71. The molecule has 0 aliphatic rings. The third kappa shape index (κ3) is 5.12. The Morgan fingerprint density at radius 2 is 1.62 bits per heavy atom. The van der Waals surface area contributed by atoms with Crippen LogP contribution >= 0.6 is 23.2 Å². The monoisotopic (exact) mass is 187 g/mol. The molecule has 1 nitrogen and oxygen atoms in total. The minimum absolute atomic E-state index is 0.0889. The van der Waals surface area contributed by atoms with Crippen LogP contribution in [0.15, 0.2) is 0 Å². The van der Waals surface area contributed by atoms with Gasteiger partial charge in [0.15, 0.2) is 0 Å². The van der Waals surface area contributed by atoms with Crippen molar-refractivity contribution < 1.29 is 0 Å². The molecule has 0 aliphatic heterocycles. The van der Waals surface area contributed by atoms with Crippen molar-refractivity contribution >= 4 is 42.6 Å². The number of halogens is 2. The summed E-state index contributed by atoms with van der Waals surface area (Å²) in [5.41, 5.74) is 1.72. The van der Waals surface area contributed by atoms with Gasteiger partial charge in [0.2, 0.25) is 0 Å². The summed E-state index contributed by atoms with van der Waals surface area (Å²) in [6.07, 6.45) is 0. The van der Waals surface area contributed by atoms with Gasteiger partial charge in [0.1, 0.15) is 19.4 Å². The Morgan fingerprint density at radius 1 is 1.25 bits per heavy atom. The van der Waals surface area contributed by atoms with Gasteiger partial charge in [0.25, 0.3) is 0 Å². The van der Waals surface area contributed by atoms with Crippen LogP contribution in [-0.4, -0.2) is 41.6 Å². The van der Waals surface area contributed by atoms with Crippen LogP contribution in [0.4, 0.5) is 0 Å². The van der Waals surface area contributed by atoms with Gasteiger partial charge in [-0.3, -0.25) is 0 Å². The quantitative estimate of drug-likeness (QED) is 0.424. The lowest BCUT2D eigenvalue weighted by atomic mass is 11.6. The predicted molar refractivity (Wildman–Crippen MR) is 46.3 cm³/mol. The van der Waals surface area contributed by atoms with E-state index in [1.165, 1.54) is 0 Å². The van der Waals surface area contributed by atoms with Gasteiger partial charge in [-0.2, -0.15) is 0 Å². The average Bonchev–Trinajstić information content (AvgIpc) is 1.68. The molecule has 0 N–H and O–H groups in total. The molecule has 0 unspecified atom stereocenters. The van der Waals surface area contributed by atoms with Crippen LogP contribution in [0, 0.1) is 0 Å². The van der Waals surface area contributed by atoms with Crippen molar-refractivity contribution in [1.29, 1.82) is 0 Å². The van der Waals surface area contributed by atoms with E-state index in [-0.39, 0.29) is 19.4 Å². The largest absolute Gasteiger partial charge is 0.356 e.